The van der Waals surface area contributed by atoms with Gasteiger partial charge < -0.3 is 4.57 Å². The molecular formula is C22H18N4OS2. The number of fused-ring (bicyclic) bond motifs is 2. The van der Waals surface area contributed by atoms with Crippen LogP contribution in [-0.4, -0.2) is 19.3 Å². The standard InChI is InChI=1S/C22H18N4OS2/c1-25-20(13-26-18-11-4-5-12-19(18)29-22(26)27)23-24-21(25)28-14-16-9-6-8-15-7-2-3-10-17(15)16/h2-12H,13-14H2,1H3. The Bertz CT molecular complexity index is 1380. The number of aromatic nitrogens is 4. The quantitative estimate of drug-likeness (QED) is 0.389. The highest BCUT2D eigenvalue weighted by molar-refractivity contribution is 7.98. The van der Waals surface area contributed by atoms with Crippen LogP contribution in [0.4, 0.5) is 0 Å². The predicted molar refractivity (Wildman–Crippen MR) is 120 cm³/mol. The molecule has 0 amide bonds. The number of hydrogen-bond acceptors (Lipinski definition) is 5. The van der Waals surface area contributed by atoms with Crippen LogP contribution in [0.1, 0.15) is 11.4 Å². The molecule has 5 rings (SSSR count). The van der Waals surface area contributed by atoms with Gasteiger partial charge in [0.15, 0.2) is 11.0 Å². The molecule has 5 aromatic rings. The molecule has 0 radical (unpaired) electrons. The van der Waals surface area contributed by atoms with Crippen molar-refractivity contribution in [2.24, 2.45) is 7.05 Å². The second-order valence-electron chi connectivity index (χ2n) is 6.81. The van der Waals surface area contributed by atoms with Gasteiger partial charge in [0.25, 0.3) is 0 Å². The van der Waals surface area contributed by atoms with Gasteiger partial charge in [0, 0.05) is 12.8 Å². The summed E-state index contributed by atoms with van der Waals surface area (Å²) >= 11 is 2.92. The van der Waals surface area contributed by atoms with Crippen LogP contribution < -0.4 is 4.87 Å². The van der Waals surface area contributed by atoms with Crippen molar-refractivity contribution in [1.82, 2.24) is 19.3 Å². The van der Waals surface area contributed by atoms with E-state index in [1.165, 1.54) is 27.7 Å². The van der Waals surface area contributed by atoms with Crippen molar-refractivity contribution in [3.63, 3.8) is 0 Å². The number of thiazole rings is 1. The zero-order valence-corrected chi connectivity index (χ0v) is 17.4. The van der Waals surface area contributed by atoms with Crippen molar-refractivity contribution >= 4 is 44.1 Å². The van der Waals surface area contributed by atoms with Crippen molar-refractivity contribution in [3.05, 3.63) is 87.8 Å². The molecule has 0 aliphatic heterocycles. The summed E-state index contributed by atoms with van der Waals surface area (Å²) < 4.78 is 4.74. The molecule has 0 aliphatic rings. The third-order valence-electron chi connectivity index (χ3n) is 5.04. The predicted octanol–water partition coefficient (Wildman–Crippen LogP) is 4.69. The summed E-state index contributed by atoms with van der Waals surface area (Å²) in [5, 5.41) is 12.1. The first kappa shape index (κ1) is 18.1. The van der Waals surface area contributed by atoms with Crippen molar-refractivity contribution < 1.29 is 0 Å². The molecule has 0 aliphatic carbocycles. The highest BCUT2D eigenvalue weighted by atomic mass is 32.2. The fourth-order valence-electron chi connectivity index (χ4n) is 3.47. The fraction of sp³-hybridized carbons (Fsp3) is 0.136. The third-order valence-corrected chi connectivity index (χ3v) is 7.06. The van der Waals surface area contributed by atoms with Crippen LogP contribution >= 0.6 is 23.1 Å². The Hall–Kier alpha value is -2.90. The van der Waals surface area contributed by atoms with E-state index in [4.69, 9.17) is 0 Å². The molecule has 2 aromatic heterocycles. The topological polar surface area (TPSA) is 52.7 Å². The molecule has 0 atom stereocenters. The van der Waals surface area contributed by atoms with Crippen LogP contribution in [0.2, 0.25) is 0 Å². The molecule has 0 fully saturated rings. The maximum atomic E-state index is 12.4. The maximum Gasteiger partial charge on any atom is 0.308 e. The Balaban J connectivity index is 1.40. The Kier molecular flexibility index (Phi) is 4.69. The molecule has 0 N–H and O–H groups in total. The molecule has 3 aromatic carbocycles. The Morgan fingerprint density at radius 2 is 1.76 bits per heavy atom. The molecule has 0 saturated carbocycles. The van der Waals surface area contributed by atoms with Gasteiger partial charge in [-0.1, -0.05) is 77.7 Å². The van der Waals surface area contributed by atoms with E-state index in [0.717, 1.165) is 27.0 Å². The van der Waals surface area contributed by atoms with Gasteiger partial charge in [0.1, 0.15) is 0 Å². The van der Waals surface area contributed by atoms with Gasteiger partial charge in [-0.15, -0.1) is 10.2 Å². The fourth-order valence-corrected chi connectivity index (χ4v) is 5.30. The second-order valence-corrected chi connectivity index (χ2v) is 8.74. The second kappa shape index (κ2) is 7.50. The van der Waals surface area contributed by atoms with E-state index < -0.39 is 0 Å². The molecule has 144 valence electrons. The smallest absolute Gasteiger partial charge is 0.308 e. The molecule has 2 heterocycles. The first-order valence-corrected chi connectivity index (χ1v) is 11.1. The zero-order valence-electron chi connectivity index (χ0n) is 15.8. The summed E-state index contributed by atoms with van der Waals surface area (Å²) in [6.07, 6.45) is 0. The summed E-state index contributed by atoms with van der Waals surface area (Å²) in [4.78, 5) is 12.4. The average molecular weight is 419 g/mol. The van der Waals surface area contributed by atoms with Gasteiger partial charge in [-0.05, 0) is 28.5 Å². The molecule has 7 heteroatoms. The van der Waals surface area contributed by atoms with Gasteiger partial charge in [-0.25, -0.2) is 0 Å². The lowest BCUT2D eigenvalue weighted by Crippen LogP contribution is -2.16. The number of thioether (sulfide) groups is 1. The summed E-state index contributed by atoms with van der Waals surface area (Å²) in [5.74, 6) is 1.59. The molecule has 29 heavy (non-hydrogen) atoms. The van der Waals surface area contributed by atoms with Crippen molar-refractivity contribution in [1.29, 1.82) is 0 Å². The SMILES string of the molecule is Cn1c(Cn2c(=O)sc3ccccc32)nnc1SCc1cccc2ccccc12. The number of nitrogens with zero attached hydrogens (tertiary/aromatic N) is 4. The molecular weight excluding hydrogens is 400 g/mol. The lowest BCUT2D eigenvalue weighted by molar-refractivity contribution is 0.681. The van der Waals surface area contributed by atoms with Crippen molar-refractivity contribution in [3.8, 4) is 0 Å². The van der Waals surface area contributed by atoms with Crippen LogP contribution in [0.5, 0.6) is 0 Å². The largest absolute Gasteiger partial charge is 0.308 e. The molecule has 0 spiro atoms. The summed E-state index contributed by atoms with van der Waals surface area (Å²) in [5.41, 5.74) is 2.22. The minimum atomic E-state index is 0.0270. The highest BCUT2D eigenvalue weighted by Gasteiger charge is 2.14. The highest BCUT2D eigenvalue weighted by Crippen LogP contribution is 2.27. The lowest BCUT2D eigenvalue weighted by atomic mass is 10.1. The van der Waals surface area contributed by atoms with Gasteiger partial charge in [0.2, 0.25) is 0 Å². The minimum Gasteiger partial charge on any atom is -0.308 e. The minimum absolute atomic E-state index is 0.0270. The Morgan fingerprint density at radius 1 is 0.966 bits per heavy atom. The van der Waals surface area contributed by atoms with Crippen LogP contribution in [0, 0.1) is 0 Å². The molecule has 0 saturated heterocycles. The van der Waals surface area contributed by atoms with E-state index >= 15 is 0 Å². The first-order valence-electron chi connectivity index (χ1n) is 9.27. The van der Waals surface area contributed by atoms with Crippen LogP contribution in [-0.2, 0) is 19.3 Å². The van der Waals surface area contributed by atoms with Crippen LogP contribution in [0.15, 0.2) is 76.7 Å². The summed E-state index contributed by atoms with van der Waals surface area (Å²) in [6, 6.07) is 22.6. The number of benzene rings is 3. The third kappa shape index (κ3) is 3.36. The average Bonchev–Trinajstić information content (AvgIpc) is 3.26. The van der Waals surface area contributed by atoms with Crippen molar-refractivity contribution in [2.45, 2.75) is 17.5 Å². The van der Waals surface area contributed by atoms with Crippen LogP contribution in [0.3, 0.4) is 0 Å². The van der Waals surface area contributed by atoms with Crippen LogP contribution in [0.25, 0.3) is 21.0 Å². The van der Waals surface area contributed by atoms with E-state index in [0.29, 0.717) is 6.54 Å². The summed E-state index contributed by atoms with van der Waals surface area (Å²) in [6.45, 7) is 0.418. The lowest BCUT2D eigenvalue weighted by Gasteiger charge is -2.07. The number of rotatable bonds is 5. The van der Waals surface area contributed by atoms with E-state index in [2.05, 4.69) is 52.7 Å². The Labute approximate surface area is 175 Å². The van der Waals surface area contributed by atoms with Gasteiger partial charge in [-0.2, -0.15) is 0 Å². The van der Waals surface area contributed by atoms with Crippen molar-refractivity contribution in [2.75, 3.05) is 0 Å². The van der Waals surface area contributed by atoms with E-state index in [-0.39, 0.29) is 4.87 Å². The molecule has 0 bridgehead atoms. The van der Waals surface area contributed by atoms with E-state index in [9.17, 15) is 4.79 Å². The Morgan fingerprint density at radius 3 is 2.69 bits per heavy atom. The number of hydrogen-bond donors (Lipinski definition) is 0. The summed E-state index contributed by atoms with van der Waals surface area (Å²) in [7, 11) is 1.96. The zero-order chi connectivity index (χ0) is 19.8. The van der Waals surface area contributed by atoms with Gasteiger partial charge in [-0.3, -0.25) is 9.36 Å². The first-order chi connectivity index (χ1) is 14.2. The maximum absolute atomic E-state index is 12.4. The molecule has 0 unspecified atom stereocenters. The monoisotopic (exact) mass is 418 g/mol. The molecule has 5 nitrogen and oxygen atoms in total. The van der Waals surface area contributed by atoms with E-state index in [1.54, 1.807) is 16.3 Å². The number of para-hydroxylation sites is 1. The van der Waals surface area contributed by atoms with Gasteiger partial charge in [0.05, 0.1) is 16.8 Å². The normalized spacial score (nSPS) is 11.5. The van der Waals surface area contributed by atoms with Gasteiger partial charge >= 0.3 is 4.87 Å². The van der Waals surface area contributed by atoms with E-state index in [1.807, 2.05) is 35.9 Å².